The van der Waals surface area contributed by atoms with Crippen LogP contribution in [0.1, 0.15) is 26.4 Å². The molecule has 9 heteroatoms. The molecular formula is C23H20BrCl2NO4S. The van der Waals surface area contributed by atoms with Crippen molar-refractivity contribution in [3.05, 3.63) is 66.4 Å². The van der Waals surface area contributed by atoms with Crippen LogP contribution in [0.25, 0.3) is 11.1 Å². The number of nitrogens with one attached hydrogen (secondary N) is 1. The van der Waals surface area contributed by atoms with Crippen LogP contribution in [0.15, 0.2) is 34.8 Å². The molecule has 0 atom stereocenters. The molecule has 0 radical (unpaired) electrons. The summed E-state index contributed by atoms with van der Waals surface area (Å²) in [5.74, 6) is -0.451. The van der Waals surface area contributed by atoms with Crippen LogP contribution in [-0.2, 0) is 9.53 Å². The summed E-state index contributed by atoms with van der Waals surface area (Å²) in [5.41, 5.74) is 3.39. The smallest absolute Gasteiger partial charge is 0.341 e. The molecule has 2 aromatic carbocycles. The second kappa shape index (κ2) is 10.3. The number of anilines is 1. The van der Waals surface area contributed by atoms with Crippen molar-refractivity contribution in [2.75, 3.05) is 19.0 Å². The molecule has 168 valence electrons. The first-order chi connectivity index (χ1) is 15.1. The van der Waals surface area contributed by atoms with Crippen LogP contribution in [0, 0.1) is 20.8 Å². The lowest BCUT2D eigenvalue weighted by molar-refractivity contribution is -0.118. The van der Waals surface area contributed by atoms with Gasteiger partial charge in [0, 0.05) is 20.5 Å². The highest BCUT2D eigenvalue weighted by Crippen LogP contribution is 2.41. The maximum Gasteiger partial charge on any atom is 0.341 e. The number of esters is 1. The van der Waals surface area contributed by atoms with E-state index in [4.69, 9.17) is 32.7 Å². The van der Waals surface area contributed by atoms with Gasteiger partial charge in [-0.15, -0.1) is 11.3 Å². The van der Waals surface area contributed by atoms with Crippen molar-refractivity contribution >= 4 is 67.3 Å². The highest BCUT2D eigenvalue weighted by Gasteiger charge is 2.25. The fraction of sp³-hybridized carbons (Fsp3) is 0.217. The van der Waals surface area contributed by atoms with Crippen LogP contribution in [0.3, 0.4) is 0 Å². The van der Waals surface area contributed by atoms with E-state index in [0.717, 1.165) is 21.6 Å². The molecule has 0 saturated heterocycles. The van der Waals surface area contributed by atoms with Crippen molar-refractivity contribution in [2.45, 2.75) is 20.8 Å². The lowest BCUT2D eigenvalue weighted by Gasteiger charge is -2.13. The molecule has 0 spiro atoms. The van der Waals surface area contributed by atoms with E-state index in [1.165, 1.54) is 18.4 Å². The zero-order valence-electron chi connectivity index (χ0n) is 17.8. The highest BCUT2D eigenvalue weighted by molar-refractivity contribution is 9.10. The standard InChI is InChI=1S/C23H20BrCl2NO4S/c1-11-8-16(20(24)12(2)21(11)26)31-10-17(28)27-22-19(23(29)30-4)18(13(3)32-22)14-6-5-7-15(25)9-14/h5-9H,10H2,1-4H3,(H,27,28). The predicted octanol–water partition coefficient (Wildman–Crippen LogP) is 7.21. The van der Waals surface area contributed by atoms with Crippen molar-refractivity contribution in [2.24, 2.45) is 0 Å². The second-order valence-electron chi connectivity index (χ2n) is 7.02. The summed E-state index contributed by atoms with van der Waals surface area (Å²) in [6, 6.07) is 8.93. The van der Waals surface area contributed by atoms with Gasteiger partial charge in [0.25, 0.3) is 5.91 Å². The number of amides is 1. The normalized spacial score (nSPS) is 10.7. The lowest BCUT2D eigenvalue weighted by atomic mass is 10.0. The van der Waals surface area contributed by atoms with Crippen molar-refractivity contribution < 1.29 is 19.1 Å². The van der Waals surface area contributed by atoms with Gasteiger partial charge in [0.05, 0.1) is 11.6 Å². The molecule has 0 aliphatic carbocycles. The van der Waals surface area contributed by atoms with E-state index in [2.05, 4.69) is 21.2 Å². The van der Waals surface area contributed by atoms with E-state index < -0.39 is 11.9 Å². The molecule has 1 amide bonds. The Morgan fingerprint density at radius 1 is 1.16 bits per heavy atom. The van der Waals surface area contributed by atoms with Gasteiger partial charge in [0.2, 0.25) is 0 Å². The number of halogens is 3. The number of ether oxygens (including phenoxy) is 2. The molecule has 0 fully saturated rings. The maximum atomic E-state index is 12.7. The van der Waals surface area contributed by atoms with Gasteiger partial charge in [-0.2, -0.15) is 0 Å². The quantitative estimate of drug-likeness (QED) is 0.326. The Balaban J connectivity index is 1.87. The summed E-state index contributed by atoms with van der Waals surface area (Å²) < 4.78 is 11.4. The van der Waals surface area contributed by atoms with Gasteiger partial charge in [-0.25, -0.2) is 4.79 Å². The van der Waals surface area contributed by atoms with Gasteiger partial charge >= 0.3 is 5.97 Å². The van der Waals surface area contributed by atoms with Gasteiger partial charge in [-0.05, 0) is 71.6 Å². The first-order valence-corrected chi connectivity index (χ1v) is 11.9. The fourth-order valence-corrected chi connectivity index (χ4v) is 5.19. The van der Waals surface area contributed by atoms with E-state index in [0.29, 0.717) is 30.8 Å². The minimum atomic E-state index is -0.549. The third-order valence-corrected chi connectivity index (χ3v) is 7.59. The molecule has 5 nitrogen and oxygen atoms in total. The van der Waals surface area contributed by atoms with Crippen LogP contribution >= 0.6 is 50.5 Å². The van der Waals surface area contributed by atoms with Crippen LogP contribution in [0.4, 0.5) is 5.00 Å². The summed E-state index contributed by atoms with van der Waals surface area (Å²) >= 11 is 17.1. The molecule has 1 aromatic heterocycles. The third-order valence-electron chi connectivity index (χ3n) is 4.77. The van der Waals surface area contributed by atoms with E-state index in [1.807, 2.05) is 26.8 Å². The molecule has 0 bridgehead atoms. The monoisotopic (exact) mass is 555 g/mol. The lowest BCUT2D eigenvalue weighted by Crippen LogP contribution is -2.21. The van der Waals surface area contributed by atoms with Gasteiger partial charge in [0.1, 0.15) is 16.3 Å². The molecule has 3 rings (SSSR count). The van der Waals surface area contributed by atoms with Crippen LogP contribution in [-0.4, -0.2) is 25.6 Å². The molecule has 1 heterocycles. The number of benzene rings is 2. The van der Waals surface area contributed by atoms with E-state index >= 15 is 0 Å². The highest BCUT2D eigenvalue weighted by atomic mass is 79.9. The zero-order valence-corrected chi connectivity index (χ0v) is 21.7. The van der Waals surface area contributed by atoms with Crippen LogP contribution in [0.2, 0.25) is 10.0 Å². The average molecular weight is 557 g/mol. The number of hydrogen-bond acceptors (Lipinski definition) is 5. The van der Waals surface area contributed by atoms with Gasteiger partial charge in [0.15, 0.2) is 6.61 Å². The summed E-state index contributed by atoms with van der Waals surface area (Å²) in [5, 5.41) is 4.35. The van der Waals surface area contributed by atoms with Gasteiger partial charge in [-0.1, -0.05) is 35.3 Å². The number of methoxy groups -OCH3 is 1. The number of carbonyl (C=O) groups excluding carboxylic acids is 2. The molecule has 0 unspecified atom stereocenters. The number of thiophene rings is 1. The molecule has 0 saturated carbocycles. The van der Waals surface area contributed by atoms with Gasteiger partial charge in [-0.3, -0.25) is 4.79 Å². The minimum absolute atomic E-state index is 0.247. The topological polar surface area (TPSA) is 64.6 Å². The fourth-order valence-electron chi connectivity index (χ4n) is 3.23. The third kappa shape index (κ3) is 5.12. The molecular weight excluding hydrogens is 537 g/mol. The second-order valence-corrected chi connectivity index (χ2v) is 9.85. The SMILES string of the molecule is COC(=O)c1c(NC(=O)COc2cc(C)c(Cl)c(C)c2Br)sc(C)c1-c1cccc(Cl)c1. The van der Waals surface area contributed by atoms with Crippen molar-refractivity contribution in [1.82, 2.24) is 0 Å². The molecule has 3 aromatic rings. The van der Waals surface area contributed by atoms with Crippen LogP contribution < -0.4 is 10.1 Å². The first-order valence-electron chi connectivity index (χ1n) is 9.49. The predicted molar refractivity (Wildman–Crippen MR) is 134 cm³/mol. The summed E-state index contributed by atoms with van der Waals surface area (Å²) in [6.07, 6.45) is 0. The zero-order chi connectivity index (χ0) is 23.6. The molecule has 0 aliphatic rings. The van der Waals surface area contributed by atoms with E-state index in [1.54, 1.807) is 24.3 Å². The Labute approximate surface area is 208 Å². The van der Waals surface area contributed by atoms with E-state index in [9.17, 15) is 9.59 Å². The average Bonchev–Trinajstić information content (AvgIpc) is 3.08. The summed E-state index contributed by atoms with van der Waals surface area (Å²) in [7, 11) is 1.30. The Kier molecular flexibility index (Phi) is 7.88. The minimum Gasteiger partial charge on any atom is -0.483 e. The van der Waals surface area contributed by atoms with Crippen molar-refractivity contribution in [3.63, 3.8) is 0 Å². The maximum absolute atomic E-state index is 12.7. The number of aryl methyl sites for hydroxylation is 2. The molecule has 0 aliphatic heterocycles. The first kappa shape index (κ1) is 24.6. The molecule has 1 N–H and O–H groups in total. The Hall–Kier alpha value is -2.06. The van der Waals surface area contributed by atoms with Crippen LogP contribution in [0.5, 0.6) is 5.75 Å². The number of hydrogen-bond donors (Lipinski definition) is 1. The Morgan fingerprint density at radius 2 is 1.88 bits per heavy atom. The Bertz CT molecular complexity index is 1210. The van der Waals surface area contributed by atoms with Crippen molar-refractivity contribution in [1.29, 1.82) is 0 Å². The van der Waals surface area contributed by atoms with Crippen molar-refractivity contribution in [3.8, 4) is 16.9 Å². The summed E-state index contributed by atoms with van der Waals surface area (Å²) in [6.45, 7) is 5.35. The van der Waals surface area contributed by atoms with E-state index in [-0.39, 0.29) is 12.2 Å². The Morgan fingerprint density at radius 3 is 2.53 bits per heavy atom. The number of carbonyl (C=O) groups is 2. The summed E-state index contributed by atoms with van der Waals surface area (Å²) in [4.78, 5) is 26.1. The largest absolute Gasteiger partial charge is 0.483 e. The van der Waals surface area contributed by atoms with Gasteiger partial charge < -0.3 is 14.8 Å². The molecule has 32 heavy (non-hydrogen) atoms. The number of rotatable bonds is 6.